The van der Waals surface area contributed by atoms with E-state index in [-0.39, 0.29) is 0 Å². The van der Waals surface area contributed by atoms with Gasteiger partial charge in [0.15, 0.2) is 0 Å². The Bertz CT molecular complexity index is 273. The summed E-state index contributed by atoms with van der Waals surface area (Å²) < 4.78 is 0. The second-order valence-corrected chi connectivity index (χ2v) is 6.25. The number of nitriles is 1. The third-order valence-corrected chi connectivity index (χ3v) is 4.90. The molecule has 1 nitrogen and oxygen atoms in total. The van der Waals surface area contributed by atoms with Gasteiger partial charge in [0.1, 0.15) is 0 Å². The van der Waals surface area contributed by atoms with Gasteiger partial charge in [-0.25, -0.2) is 0 Å². The van der Waals surface area contributed by atoms with Crippen molar-refractivity contribution in [3.63, 3.8) is 0 Å². The average molecular weight is 191 g/mol. The van der Waals surface area contributed by atoms with Crippen LogP contribution in [0.4, 0.5) is 0 Å². The topological polar surface area (TPSA) is 23.8 Å². The van der Waals surface area contributed by atoms with Crippen LogP contribution in [0.5, 0.6) is 0 Å². The van der Waals surface area contributed by atoms with Crippen LogP contribution in [0.25, 0.3) is 0 Å². The lowest BCUT2D eigenvalue weighted by atomic mass is 9.73. The maximum absolute atomic E-state index is 8.64. The minimum Gasteiger partial charge on any atom is -0.198 e. The molecule has 0 aromatic rings. The highest BCUT2D eigenvalue weighted by atomic mass is 14.7. The van der Waals surface area contributed by atoms with Crippen LogP contribution in [0.1, 0.15) is 52.9 Å². The molecule has 0 spiro atoms. The quantitative estimate of drug-likeness (QED) is 0.652. The molecule has 0 amide bonds. The molecule has 0 bridgehead atoms. The summed E-state index contributed by atoms with van der Waals surface area (Å²) in [5, 5.41) is 8.64. The molecule has 0 heterocycles. The minimum absolute atomic E-state index is 0.477. The highest BCUT2D eigenvalue weighted by Crippen LogP contribution is 2.68. The lowest BCUT2D eigenvalue weighted by Gasteiger charge is -2.32. The molecule has 0 aliphatic heterocycles. The molecule has 0 saturated heterocycles. The van der Waals surface area contributed by atoms with Crippen LogP contribution < -0.4 is 0 Å². The number of hydrogen-bond donors (Lipinski definition) is 0. The molecule has 3 unspecified atom stereocenters. The number of rotatable bonds is 2. The van der Waals surface area contributed by atoms with Crippen LogP contribution in [0.3, 0.4) is 0 Å². The van der Waals surface area contributed by atoms with Crippen molar-refractivity contribution >= 4 is 0 Å². The van der Waals surface area contributed by atoms with E-state index in [4.69, 9.17) is 5.26 Å². The Morgan fingerprint density at radius 1 is 1.29 bits per heavy atom. The number of hydrogen-bond acceptors (Lipinski definition) is 1. The van der Waals surface area contributed by atoms with Gasteiger partial charge in [-0.3, -0.25) is 0 Å². The van der Waals surface area contributed by atoms with Crippen molar-refractivity contribution in [2.45, 2.75) is 52.9 Å². The van der Waals surface area contributed by atoms with E-state index < -0.39 is 0 Å². The van der Waals surface area contributed by atoms with Gasteiger partial charge in [-0.1, -0.05) is 20.8 Å². The van der Waals surface area contributed by atoms with Gasteiger partial charge in [-0.15, -0.1) is 0 Å². The molecule has 0 aromatic heterocycles. The van der Waals surface area contributed by atoms with Crippen LogP contribution >= 0.6 is 0 Å². The fraction of sp³-hybridized carbons (Fsp3) is 0.923. The van der Waals surface area contributed by atoms with Crippen molar-refractivity contribution in [2.24, 2.45) is 22.7 Å². The Kier molecular flexibility index (Phi) is 2.14. The largest absolute Gasteiger partial charge is 0.198 e. The molecule has 2 fully saturated rings. The molecule has 1 heteroatoms. The Labute approximate surface area is 87.5 Å². The molecule has 14 heavy (non-hydrogen) atoms. The Morgan fingerprint density at radius 3 is 2.57 bits per heavy atom. The third kappa shape index (κ3) is 1.45. The summed E-state index contributed by atoms with van der Waals surface area (Å²) in [7, 11) is 0. The molecule has 2 saturated carbocycles. The SMILES string of the molecule is CC1(CCC#N)CCC2C(C1)C2(C)C. The van der Waals surface area contributed by atoms with E-state index in [1.807, 2.05) is 0 Å². The van der Waals surface area contributed by atoms with E-state index in [0.717, 1.165) is 24.7 Å². The first-order valence-corrected chi connectivity index (χ1v) is 5.87. The van der Waals surface area contributed by atoms with Crippen molar-refractivity contribution in [1.82, 2.24) is 0 Å². The summed E-state index contributed by atoms with van der Waals surface area (Å²) in [6.07, 6.45) is 5.97. The van der Waals surface area contributed by atoms with E-state index in [1.54, 1.807) is 0 Å². The second kappa shape index (κ2) is 2.99. The molecule has 2 aliphatic rings. The van der Waals surface area contributed by atoms with Crippen LogP contribution in [0.15, 0.2) is 0 Å². The van der Waals surface area contributed by atoms with Crippen LogP contribution in [-0.2, 0) is 0 Å². The van der Waals surface area contributed by atoms with Gasteiger partial charge in [-0.05, 0) is 48.3 Å². The second-order valence-electron chi connectivity index (χ2n) is 6.25. The smallest absolute Gasteiger partial charge is 0.0621 e. The number of fused-ring (bicyclic) bond motifs is 1. The Hall–Kier alpha value is -0.510. The van der Waals surface area contributed by atoms with E-state index in [0.29, 0.717) is 10.8 Å². The van der Waals surface area contributed by atoms with E-state index in [2.05, 4.69) is 26.8 Å². The Balaban J connectivity index is 1.96. The van der Waals surface area contributed by atoms with E-state index >= 15 is 0 Å². The first kappa shape index (κ1) is 10.0. The molecule has 0 N–H and O–H groups in total. The summed E-state index contributed by atoms with van der Waals surface area (Å²) in [4.78, 5) is 0. The van der Waals surface area contributed by atoms with Gasteiger partial charge < -0.3 is 0 Å². The molecular weight excluding hydrogens is 170 g/mol. The molecular formula is C13H21N. The molecule has 78 valence electrons. The third-order valence-electron chi connectivity index (χ3n) is 4.90. The fourth-order valence-electron chi connectivity index (χ4n) is 3.56. The van der Waals surface area contributed by atoms with Gasteiger partial charge >= 0.3 is 0 Å². The van der Waals surface area contributed by atoms with Crippen molar-refractivity contribution < 1.29 is 0 Å². The van der Waals surface area contributed by atoms with Gasteiger partial charge in [0.2, 0.25) is 0 Å². The lowest BCUT2D eigenvalue weighted by molar-refractivity contribution is 0.191. The summed E-state index contributed by atoms with van der Waals surface area (Å²) in [6.45, 7) is 7.21. The van der Waals surface area contributed by atoms with E-state index in [9.17, 15) is 0 Å². The first-order valence-electron chi connectivity index (χ1n) is 5.87. The summed E-state index contributed by atoms with van der Waals surface area (Å²) in [5.41, 5.74) is 1.09. The van der Waals surface area contributed by atoms with E-state index in [1.165, 1.54) is 19.3 Å². The van der Waals surface area contributed by atoms with Crippen LogP contribution in [-0.4, -0.2) is 0 Å². The first-order chi connectivity index (χ1) is 6.49. The molecule has 0 aromatic carbocycles. The summed E-state index contributed by atoms with van der Waals surface area (Å²) >= 11 is 0. The molecule has 2 rings (SSSR count). The zero-order valence-electron chi connectivity index (χ0n) is 9.64. The van der Waals surface area contributed by atoms with Crippen molar-refractivity contribution in [1.29, 1.82) is 5.26 Å². The molecule has 2 aliphatic carbocycles. The molecule has 3 atom stereocenters. The normalized spacial score (nSPS) is 43.9. The molecule has 0 radical (unpaired) electrons. The monoisotopic (exact) mass is 191 g/mol. The highest BCUT2D eigenvalue weighted by molar-refractivity contribution is 5.09. The summed E-state index contributed by atoms with van der Waals surface area (Å²) in [5.74, 6) is 1.96. The zero-order chi connectivity index (χ0) is 10.4. The fourth-order valence-corrected chi connectivity index (χ4v) is 3.56. The van der Waals surface area contributed by atoms with Gasteiger partial charge in [0.05, 0.1) is 6.07 Å². The van der Waals surface area contributed by atoms with Gasteiger partial charge in [0.25, 0.3) is 0 Å². The van der Waals surface area contributed by atoms with Crippen LogP contribution in [0.2, 0.25) is 0 Å². The van der Waals surface area contributed by atoms with Crippen LogP contribution in [0, 0.1) is 34.0 Å². The number of nitrogens with zero attached hydrogens (tertiary/aromatic N) is 1. The predicted molar refractivity (Wildman–Crippen MR) is 57.6 cm³/mol. The van der Waals surface area contributed by atoms with Crippen molar-refractivity contribution in [3.05, 3.63) is 0 Å². The lowest BCUT2D eigenvalue weighted by Crippen LogP contribution is -2.21. The zero-order valence-corrected chi connectivity index (χ0v) is 9.64. The standard InChI is InChI=1S/C13H21N/c1-12(2)10-5-7-13(3,6-4-8-14)9-11(10)12/h10-11H,4-7,9H2,1-3H3. The van der Waals surface area contributed by atoms with Crippen molar-refractivity contribution in [2.75, 3.05) is 0 Å². The van der Waals surface area contributed by atoms with Gasteiger partial charge in [-0.2, -0.15) is 5.26 Å². The maximum atomic E-state index is 8.64. The predicted octanol–water partition coefficient (Wildman–Crippen LogP) is 3.75. The van der Waals surface area contributed by atoms with Crippen molar-refractivity contribution in [3.8, 4) is 6.07 Å². The van der Waals surface area contributed by atoms with Gasteiger partial charge in [0, 0.05) is 6.42 Å². The highest BCUT2D eigenvalue weighted by Gasteiger charge is 2.60. The Morgan fingerprint density at radius 2 is 2.00 bits per heavy atom. The summed E-state index contributed by atoms with van der Waals surface area (Å²) in [6, 6.07) is 2.29. The minimum atomic E-state index is 0.477. The average Bonchev–Trinajstić information content (AvgIpc) is 2.65. The maximum Gasteiger partial charge on any atom is 0.0621 e.